The monoisotopic (exact) mass is 347 g/mol. The van der Waals surface area contributed by atoms with Crippen LogP contribution in [-0.2, 0) is 6.42 Å². The molecule has 0 aliphatic rings. The van der Waals surface area contributed by atoms with Crippen LogP contribution in [0.25, 0.3) is 0 Å². The van der Waals surface area contributed by atoms with Crippen molar-refractivity contribution < 1.29 is 4.74 Å². The molecular formula is C18H22BrNO. The molecule has 1 unspecified atom stereocenters. The van der Waals surface area contributed by atoms with Crippen LogP contribution < -0.4 is 10.1 Å². The van der Waals surface area contributed by atoms with Crippen molar-refractivity contribution in [1.82, 2.24) is 0 Å². The van der Waals surface area contributed by atoms with E-state index in [-0.39, 0.29) is 6.04 Å². The summed E-state index contributed by atoms with van der Waals surface area (Å²) in [5.41, 5.74) is 3.77. The number of anilines is 1. The van der Waals surface area contributed by atoms with Crippen molar-refractivity contribution in [2.45, 2.75) is 32.7 Å². The number of methoxy groups -OCH3 is 1. The van der Waals surface area contributed by atoms with E-state index in [0.717, 1.165) is 22.3 Å². The number of aryl methyl sites for hydroxylation is 1. The highest BCUT2D eigenvalue weighted by Crippen LogP contribution is 2.29. The number of ether oxygens (including phenoxy) is 1. The van der Waals surface area contributed by atoms with Gasteiger partial charge in [-0.3, -0.25) is 0 Å². The Morgan fingerprint density at radius 3 is 2.43 bits per heavy atom. The van der Waals surface area contributed by atoms with Gasteiger partial charge in [-0.05, 0) is 58.6 Å². The first kappa shape index (κ1) is 15.9. The van der Waals surface area contributed by atoms with Crippen molar-refractivity contribution >= 4 is 21.6 Å². The summed E-state index contributed by atoms with van der Waals surface area (Å²) < 4.78 is 6.21. The van der Waals surface area contributed by atoms with E-state index in [9.17, 15) is 0 Å². The van der Waals surface area contributed by atoms with Gasteiger partial charge >= 0.3 is 0 Å². The molecule has 3 heteroatoms. The molecule has 1 atom stereocenters. The van der Waals surface area contributed by atoms with Crippen LogP contribution in [0.4, 0.5) is 5.69 Å². The Morgan fingerprint density at radius 2 is 1.86 bits per heavy atom. The zero-order valence-electron chi connectivity index (χ0n) is 12.8. The van der Waals surface area contributed by atoms with Crippen molar-refractivity contribution in [3.63, 3.8) is 0 Å². The van der Waals surface area contributed by atoms with E-state index in [1.54, 1.807) is 7.11 Å². The third-order valence-electron chi connectivity index (χ3n) is 3.55. The molecule has 0 aliphatic carbocycles. The maximum atomic E-state index is 5.25. The predicted molar refractivity (Wildman–Crippen MR) is 93.2 cm³/mol. The molecule has 112 valence electrons. The molecule has 0 fully saturated rings. The number of nitrogens with one attached hydrogen (secondary N) is 1. The van der Waals surface area contributed by atoms with Crippen LogP contribution in [-0.4, -0.2) is 7.11 Å². The van der Waals surface area contributed by atoms with Crippen molar-refractivity contribution in [1.29, 1.82) is 0 Å². The van der Waals surface area contributed by atoms with Gasteiger partial charge in [0.15, 0.2) is 0 Å². The largest absolute Gasteiger partial charge is 0.496 e. The van der Waals surface area contributed by atoms with Gasteiger partial charge in [0.05, 0.1) is 11.6 Å². The summed E-state index contributed by atoms with van der Waals surface area (Å²) in [7, 11) is 1.67. The van der Waals surface area contributed by atoms with E-state index in [0.29, 0.717) is 0 Å². The average molecular weight is 348 g/mol. The van der Waals surface area contributed by atoms with E-state index in [1.807, 2.05) is 18.2 Å². The Kier molecular flexibility index (Phi) is 5.68. The summed E-state index contributed by atoms with van der Waals surface area (Å²) in [5, 5.41) is 3.52. The Balaban J connectivity index is 2.06. The zero-order valence-corrected chi connectivity index (χ0v) is 14.4. The summed E-state index contributed by atoms with van der Waals surface area (Å²) >= 11 is 3.52. The molecule has 21 heavy (non-hydrogen) atoms. The van der Waals surface area contributed by atoms with Crippen LogP contribution in [0, 0.1) is 0 Å². The van der Waals surface area contributed by atoms with Crippen LogP contribution in [0.15, 0.2) is 46.9 Å². The molecular weight excluding hydrogens is 326 g/mol. The Morgan fingerprint density at radius 1 is 1.14 bits per heavy atom. The molecule has 0 saturated heterocycles. The van der Waals surface area contributed by atoms with E-state index < -0.39 is 0 Å². The predicted octanol–water partition coefficient (Wildman–Crippen LogP) is 5.58. The summed E-state index contributed by atoms with van der Waals surface area (Å²) in [5.74, 6) is 0.845. The normalized spacial score (nSPS) is 12.0. The Labute approximate surface area is 135 Å². The highest BCUT2D eigenvalue weighted by atomic mass is 79.9. The standard InChI is InChI=1S/C18H22BrNO/c1-4-5-14-6-8-15(9-7-14)13(2)20-16-10-11-18(21-3)17(19)12-16/h6-13,20H,4-5H2,1-3H3. The first-order valence-electron chi connectivity index (χ1n) is 7.33. The molecule has 0 amide bonds. The number of rotatable bonds is 6. The maximum absolute atomic E-state index is 5.25. The van der Waals surface area contributed by atoms with Crippen molar-refractivity contribution in [2.24, 2.45) is 0 Å². The van der Waals surface area contributed by atoms with Crippen LogP contribution >= 0.6 is 15.9 Å². The van der Waals surface area contributed by atoms with Gasteiger partial charge in [0, 0.05) is 11.7 Å². The summed E-state index contributed by atoms with van der Waals surface area (Å²) in [6.07, 6.45) is 2.33. The van der Waals surface area contributed by atoms with Crippen LogP contribution in [0.3, 0.4) is 0 Å². The summed E-state index contributed by atoms with van der Waals surface area (Å²) in [6, 6.07) is 15.2. The number of hydrogen-bond donors (Lipinski definition) is 1. The van der Waals surface area contributed by atoms with Crippen LogP contribution in [0.2, 0.25) is 0 Å². The molecule has 0 aliphatic heterocycles. The molecule has 0 heterocycles. The third-order valence-corrected chi connectivity index (χ3v) is 4.17. The summed E-state index contributed by atoms with van der Waals surface area (Å²) in [6.45, 7) is 4.38. The molecule has 2 nitrogen and oxygen atoms in total. The van der Waals surface area contributed by atoms with Gasteiger partial charge in [-0.25, -0.2) is 0 Å². The lowest BCUT2D eigenvalue weighted by atomic mass is 10.0. The lowest BCUT2D eigenvalue weighted by Crippen LogP contribution is -2.06. The summed E-state index contributed by atoms with van der Waals surface area (Å²) in [4.78, 5) is 0. The Bertz CT molecular complexity index is 580. The second kappa shape index (κ2) is 7.51. The molecule has 2 rings (SSSR count). The minimum Gasteiger partial charge on any atom is -0.496 e. The van der Waals surface area contributed by atoms with E-state index >= 15 is 0 Å². The van der Waals surface area contributed by atoms with Gasteiger partial charge in [-0.1, -0.05) is 37.6 Å². The Hall–Kier alpha value is -1.48. The average Bonchev–Trinajstić information content (AvgIpc) is 2.48. The maximum Gasteiger partial charge on any atom is 0.133 e. The molecule has 0 spiro atoms. The lowest BCUT2D eigenvalue weighted by Gasteiger charge is -2.17. The minimum atomic E-state index is 0.265. The molecule has 1 N–H and O–H groups in total. The fourth-order valence-corrected chi connectivity index (χ4v) is 2.89. The van der Waals surface area contributed by atoms with Gasteiger partial charge in [0.2, 0.25) is 0 Å². The minimum absolute atomic E-state index is 0.265. The molecule has 0 aromatic heterocycles. The zero-order chi connectivity index (χ0) is 15.2. The second-order valence-corrected chi connectivity index (χ2v) is 6.06. The van der Waals surface area contributed by atoms with Gasteiger partial charge in [0.25, 0.3) is 0 Å². The lowest BCUT2D eigenvalue weighted by molar-refractivity contribution is 0.412. The van der Waals surface area contributed by atoms with Gasteiger partial charge in [-0.2, -0.15) is 0 Å². The number of halogens is 1. The van der Waals surface area contributed by atoms with Crippen molar-refractivity contribution in [3.8, 4) is 5.75 Å². The van der Waals surface area contributed by atoms with Crippen molar-refractivity contribution in [3.05, 3.63) is 58.1 Å². The van der Waals surface area contributed by atoms with Gasteiger partial charge in [-0.15, -0.1) is 0 Å². The van der Waals surface area contributed by atoms with E-state index in [1.165, 1.54) is 17.5 Å². The van der Waals surface area contributed by atoms with Gasteiger partial charge < -0.3 is 10.1 Å². The second-order valence-electron chi connectivity index (χ2n) is 5.21. The highest BCUT2D eigenvalue weighted by molar-refractivity contribution is 9.10. The smallest absolute Gasteiger partial charge is 0.133 e. The van der Waals surface area contributed by atoms with Crippen LogP contribution in [0.1, 0.15) is 37.4 Å². The quantitative estimate of drug-likeness (QED) is 0.735. The third kappa shape index (κ3) is 4.24. The van der Waals surface area contributed by atoms with Crippen molar-refractivity contribution in [2.75, 3.05) is 12.4 Å². The highest BCUT2D eigenvalue weighted by Gasteiger charge is 2.07. The SMILES string of the molecule is CCCc1ccc(C(C)Nc2ccc(OC)c(Br)c2)cc1. The van der Waals surface area contributed by atoms with Gasteiger partial charge in [0.1, 0.15) is 5.75 Å². The van der Waals surface area contributed by atoms with E-state index in [4.69, 9.17) is 4.74 Å². The molecule has 2 aromatic carbocycles. The molecule has 0 bridgehead atoms. The first-order chi connectivity index (χ1) is 10.1. The fraction of sp³-hybridized carbons (Fsp3) is 0.333. The molecule has 2 aromatic rings. The number of hydrogen-bond acceptors (Lipinski definition) is 2. The first-order valence-corrected chi connectivity index (χ1v) is 8.12. The fourth-order valence-electron chi connectivity index (χ4n) is 2.35. The topological polar surface area (TPSA) is 21.3 Å². The van der Waals surface area contributed by atoms with E-state index in [2.05, 4.69) is 59.4 Å². The number of benzene rings is 2. The molecule has 0 radical (unpaired) electrons. The molecule has 0 saturated carbocycles. The van der Waals surface area contributed by atoms with Crippen LogP contribution in [0.5, 0.6) is 5.75 Å².